The van der Waals surface area contributed by atoms with Crippen molar-refractivity contribution in [2.75, 3.05) is 19.7 Å². The van der Waals surface area contributed by atoms with Crippen LogP contribution in [0.15, 0.2) is 34.8 Å². The summed E-state index contributed by atoms with van der Waals surface area (Å²) >= 11 is 3.46. The van der Waals surface area contributed by atoms with Crippen LogP contribution < -0.4 is 0 Å². The van der Waals surface area contributed by atoms with Crippen molar-refractivity contribution in [2.24, 2.45) is 0 Å². The van der Waals surface area contributed by atoms with Crippen molar-refractivity contribution in [1.29, 1.82) is 0 Å². The van der Waals surface area contributed by atoms with Gasteiger partial charge >= 0.3 is 0 Å². The maximum atomic E-state index is 12.9. The van der Waals surface area contributed by atoms with E-state index in [0.29, 0.717) is 32.5 Å². The number of hydrogen-bond donors (Lipinski definition) is 0. The maximum absolute atomic E-state index is 12.9. The van der Waals surface area contributed by atoms with Gasteiger partial charge in [-0.15, -0.1) is 0 Å². The zero-order valence-corrected chi connectivity index (χ0v) is 18.6. The monoisotopic (exact) mass is 456 g/mol. The Hall–Kier alpha value is -2.25. The van der Waals surface area contributed by atoms with Crippen LogP contribution in [0, 0.1) is 20.8 Å². The van der Waals surface area contributed by atoms with Gasteiger partial charge in [-0.2, -0.15) is 5.10 Å². The maximum Gasteiger partial charge on any atom is 0.223 e. The average Bonchev–Trinajstić information content (AvgIpc) is 3.08. The van der Waals surface area contributed by atoms with Crippen LogP contribution in [-0.2, 0) is 16.0 Å². The molecule has 0 radical (unpaired) electrons. The van der Waals surface area contributed by atoms with Gasteiger partial charge in [0.15, 0.2) is 5.65 Å². The molecule has 1 unspecified atom stereocenters. The van der Waals surface area contributed by atoms with E-state index in [2.05, 4.69) is 26.0 Å². The summed E-state index contributed by atoms with van der Waals surface area (Å²) < 4.78 is 8.82. The summed E-state index contributed by atoms with van der Waals surface area (Å²) in [4.78, 5) is 19.5. The molecular weight excluding hydrogens is 432 g/mol. The van der Waals surface area contributed by atoms with Gasteiger partial charge in [-0.1, -0.05) is 28.1 Å². The van der Waals surface area contributed by atoms with Crippen molar-refractivity contribution in [2.45, 2.75) is 39.7 Å². The molecule has 0 saturated carbocycles. The number of nitrogens with zero attached hydrogens (tertiary/aromatic N) is 4. The highest BCUT2D eigenvalue weighted by Gasteiger charge is 2.25. The molecule has 6 nitrogen and oxygen atoms in total. The third-order valence-electron chi connectivity index (χ3n) is 5.54. The topological polar surface area (TPSA) is 59.7 Å². The van der Waals surface area contributed by atoms with E-state index in [4.69, 9.17) is 4.74 Å². The second-order valence-electron chi connectivity index (χ2n) is 7.57. The van der Waals surface area contributed by atoms with E-state index in [1.54, 1.807) is 0 Å². The van der Waals surface area contributed by atoms with Gasteiger partial charge in [0.05, 0.1) is 18.8 Å². The second-order valence-corrected chi connectivity index (χ2v) is 8.48. The molecule has 0 aliphatic carbocycles. The molecule has 1 aliphatic heterocycles. The number of carbonyl (C=O) groups is 1. The predicted molar refractivity (Wildman–Crippen MR) is 115 cm³/mol. The molecule has 3 aromatic rings. The Morgan fingerprint density at radius 2 is 2.00 bits per heavy atom. The SMILES string of the molecule is Cc1cc2nc(C)c(CCC(=O)N3CCOC(c4ccc(Br)cc4)C3)c(C)n2n1. The van der Waals surface area contributed by atoms with Gasteiger partial charge in [0.25, 0.3) is 0 Å². The van der Waals surface area contributed by atoms with Gasteiger partial charge in [0.2, 0.25) is 5.91 Å². The number of rotatable bonds is 4. The molecule has 0 N–H and O–H groups in total. The lowest BCUT2D eigenvalue weighted by Crippen LogP contribution is -2.42. The highest BCUT2D eigenvalue weighted by Crippen LogP contribution is 2.25. The Kier molecular flexibility index (Phi) is 5.69. The summed E-state index contributed by atoms with van der Waals surface area (Å²) in [5.41, 5.74) is 6.03. The Bertz CT molecular complexity index is 1050. The molecule has 1 saturated heterocycles. The zero-order chi connectivity index (χ0) is 20.5. The molecule has 29 heavy (non-hydrogen) atoms. The largest absolute Gasteiger partial charge is 0.370 e. The van der Waals surface area contributed by atoms with E-state index in [-0.39, 0.29) is 12.0 Å². The van der Waals surface area contributed by atoms with Crippen molar-refractivity contribution in [3.63, 3.8) is 0 Å². The lowest BCUT2D eigenvalue weighted by Gasteiger charge is -2.33. The number of fused-ring (bicyclic) bond motifs is 1. The van der Waals surface area contributed by atoms with Crippen molar-refractivity contribution in [1.82, 2.24) is 19.5 Å². The fourth-order valence-electron chi connectivity index (χ4n) is 3.95. The number of aromatic nitrogens is 3. The van der Waals surface area contributed by atoms with Crippen LogP contribution in [0.2, 0.25) is 0 Å². The standard InChI is InChI=1S/C22H25BrN4O2/c1-14-12-21-24-15(2)19(16(3)27(21)25-14)8-9-22(28)26-10-11-29-20(13-26)17-4-6-18(23)7-5-17/h4-7,12,20H,8-11,13H2,1-3H3. The number of carbonyl (C=O) groups excluding carboxylic acids is 1. The summed E-state index contributed by atoms with van der Waals surface area (Å²) in [6, 6.07) is 10.1. The zero-order valence-electron chi connectivity index (χ0n) is 17.0. The van der Waals surface area contributed by atoms with E-state index in [1.165, 1.54) is 0 Å². The predicted octanol–water partition coefficient (Wildman–Crippen LogP) is 3.95. The number of benzene rings is 1. The summed E-state index contributed by atoms with van der Waals surface area (Å²) in [5, 5.41) is 4.52. The minimum Gasteiger partial charge on any atom is -0.370 e. The normalized spacial score (nSPS) is 17.1. The van der Waals surface area contributed by atoms with Crippen LogP contribution in [0.4, 0.5) is 0 Å². The molecule has 3 heterocycles. The Morgan fingerprint density at radius 3 is 2.76 bits per heavy atom. The first-order valence-electron chi connectivity index (χ1n) is 9.89. The average molecular weight is 457 g/mol. The molecule has 1 atom stereocenters. The van der Waals surface area contributed by atoms with Crippen LogP contribution in [-0.4, -0.2) is 45.1 Å². The van der Waals surface area contributed by atoms with Crippen molar-refractivity contribution in [3.05, 3.63) is 63.0 Å². The van der Waals surface area contributed by atoms with Gasteiger partial charge in [0.1, 0.15) is 6.10 Å². The van der Waals surface area contributed by atoms with Crippen molar-refractivity contribution in [3.8, 4) is 0 Å². The van der Waals surface area contributed by atoms with E-state index < -0.39 is 0 Å². The van der Waals surface area contributed by atoms with Gasteiger partial charge in [0, 0.05) is 34.9 Å². The smallest absolute Gasteiger partial charge is 0.223 e. The number of aryl methyl sites for hydroxylation is 3. The van der Waals surface area contributed by atoms with Crippen LogP contribution >= 0.6 is 15.9 Å². The number of halogens is 1. The van der Waals surface area contributed by atoms with Gasteiger partial charge in [-0.3, -0.25) is 4.79 Å². The molecule has 1 aliphatic rings. The number of ether oxygens (including phenoxy) is 1. The quantitative estimate of drug-likeness (QED) is 0.596. The molecule has 4 rings (SSSR count). The summed E-state index contributed by atoms with van der Waals surface area (Å²) in [6.07, 6.45) is 1.05. The molecule has 0 spiro atoms. The second kappa shape index (κ2) is 8.24. The highest BCUT2D eigenvalue weighted by molar-refractivity contribution is 9.10. The van der Waals surface area contributed by atoms with Gasteiger partial charge in [-0.05, 0) is 50.5 Å². The Morgan fingerprint density at radius 1 is 1.24 bits per heavy atom. The first-order valence-corrected chi connectivity index (χ1v) is 10.7. The summed E-state index contributed by atoms with van der Waals surface area (Å²) in [5.74, 6) is 0.158. The lowest BCUT2D eigenvalue weighted by molar-refractivity contribution is -0.139. The molecule has 2 aromatic heterocycles. The van der Waals surface area contributed by atoms with Gasteiger partial charge < -0.3 is 9.64 Å². The van der Waals surface area contributed by atoms with Crippen LogP contribution in [0.5, 0.6) is 0 Å². The molecule has 1 amide bonds. The van der Waals surface area contributed by atoms with Crippen LogP contribution in [0.3, 0.4) is 0 Å². The van der Waals surface area contributed by atoms with Crippen molar-refractivity contribution < 1.29 is 9.53 Å². The third kappa shape index (κ3) is 4.21. The molecule has 1 fully saturated rings. The van der Waals surface area contributed by atoms with Gasteiger partial charge in [-0.25, -0.2) is 9.50 Å². The Labute approximate surface area is 179 Å². The molecule has 0 bridgehead atoms. The number of morpholine rings is 1. The number of amides is 1. The number of hydrogen-bond acceptors (Lipinski definition) is 4. The van der Waals surface area contributed by atoms with E-state index in [1.807, 2.05) is 60.5 Å². The van der Waals surface area contributed by atoms with Crippen LogP contribution in [0.1, 0.15) is 40.7 Å². The molecular formula is C22H25BrN4O2. The van der Waals surface area contributed by atoms with Crippen LogP contribution in [0.25, 0.3) is 5.65 Å². The summed E-state index contributed by atoms with van der Waals surface area (Å²) in [7, 11) is 0. The summed E-state index contributed by atoms with van der Waals surface area (Å²) in [6.45, 7) is 7.81. The lowest BCUT2D eigenvalue weighted by atomic mass is 10.0. The van der Waals surface area contributed by atoms with E-state index >= 15 is 0 Å². The first kappa shape index (κ1) is 20.0. The minimum atomic E-state index is -0.0747. The van der Waals surface area contributed by atoms with E-state index in [9.17, 15) is 4.79 Å². The van der Waals surface area contributed by atoms with Crippen molar-refractivity contribution >= 4 is 27.5 Å². The molecule has 1 aromatic carbocycles. The highest BCUT2D eigenvalue weighted by atomic mass is 79.9. The third-order valence-corrected chi connectivity index (χ3v) is 6.06. The Balaban J connectivity index is 1.44. The van der Waals surface area contributed by atoms with E-state index in [0.717, 1.165) is 38.3 Å². The fourth-order valence-corrected chi connectivity index (χ4v) is 4.21. The minimum absolute atomic E-state index is 0.0747. The fraction of sp³-hybridized carbons (Fsp3) is 0.409. The first-order chi connectivity index (χ1) is 13.9. The molecule has 7 heteroatoms. The molecule has 152 valence electrons.